The van der Waals surface area contributed by atoms with Crippen LogP contribution in [0, 0.1) is 5.92 Å². The first-order valence-corrected chi connectivity index (χ1v) is 9.45. The van der Waals surface area contributed by atoms with Gasteiger partial charge in [0.15, 0.2) is 0 Å². The third-order valence-electron chi connectivity index (χ3n) is 4.89. The van der Waals surface area contributed by atoms with Crippen molar-refractivity contribution in [3.63, 3.8) is 0 Å². The molecule has 0 radical (unpaired) electrons. The number of thiophene rings is 1. The maximum Gasteiger partial charge on any atom is 0.329 e. The number of fused-ring (bicyclic) bond motifs is 3. The Bertz CT molecular complexity index is 824. The van der Waals surface area contributed by atoms with E-state index in [0.29, 0.717) is 11.3 Å². The number of hydrogen-bond donors (Lipinski definition) is 0. The van der Waals surface area contributed by atoms with Crippen molar-refractivity contribution >= 4 is 27.5 Å². The van der Waals surface area contributed by atoms with E-state index in [4.69, 9.17) is 4.74 Å². The van der Waals surface area contributed by atoms with E-state index in [-0.39, 0.29) is 17.6 Å². The second kappa shape index (κ2) is 6.67. The Kier molecular flexibility index (Phi) is 4.76. The number of rotatable bonds is 4. The number of hydrogen-bond acceptors (Lipinski definition) is 5. The normalized spacial score (nSPS) is 19.8. The Balaban J connectivity index is 2.00. The highest BCUT2D eigenvalue weighted by Gasteiger charge is 2.26. The van der Waals surface area contributed by atoms with Crippen molar-refractivity contribution in [2.75, 3.05) is 0 Å². The molecule has 0 saturated heterocycles. The lowest BCUT2D eigenvalue weighted by molar-refractivity contribution is -0.152. The predicted molar refractivity (Wildman–Crippen MR) is 95.6 cm³/mol. The molecule has 24 heavy (non-hydrogen) atoms. The van der Waals surface area contributed by atoms with Crippen LogP contribution in [0.4, 0.5) is 0 Å². The predicted octanol–water partition coefficient (Wildman–Crippen LogP) is 3.49. The Morgan fingerprint density at radius 2 is 2.25 bits per heavy atom. The van der Waals surface area contributed by atoms with E-state index in [1.54, 1.807) is 18.3 Å². The highest BCUT2D eigenvalue weighted by Crippen LogP contribution is 2.35. The van der Waals surface area contributed by atoms with Crippen LogP contribution in [-0.4, -0.2) is 21.6 Å². The van der Waals surface area contributed by atoms with Crippen LogP contribution in [0.5, 0.6) is 0 Å². The summed E-state index contributed by atoms with van der Waals surface area (Å²) in [4.78, 5) is 31.7. The molecular weight excluding hydrogens is 324 g/mol. The van der Waals surface area contributed by atoms with Crippen LogP contribution in [0.15, 0.2) is 11.1 Å². The Labute approximate surface area is 145 Å². The zero-order valence-corrected chi connectivity index (χ0v) is 15.5. The van der Waals surface area contributed by atoms with Gasteiger partial charge in [-0.25, -0.2) is 9.78 Å². The van der Waals surface area contributed by atoms with E-state index in [1.165, 1.54) is 15.8 Å². The minimum atomic E-state index is -0.665. The fourth-order valence-corrected chi connectivity index (χ4v) is 4.45. The molecule has 0 amide bonds. The number of aryl methyl sites for hydroxylation is 1. The van der Waals surface area contributed by atoms with E-state index >= 15 is 0 Å². The van der Waals surface area contributed by atoms with Gasteiger partial charge in [0.05, 0.1) is 17.8 Å². The lowest BCUT2D eigenvalue weighted by Gasteiger charge is -2.18. The maximum absolute atomic E-state index is 13.0. The SMILES string of the molecule is CC[C@H](C)OC(=O)[C@H](C)n1cnc2sc3c(c2c1=O)CC[C@H](C)C3. The number of aromatic nitrogens is 2. The van der Waals surface area contributed by atoms with Crippen molar-refractivity contribution in [3.8, 4) is 0 Å². The highest BCUT2D eigenvalue weighted by molar-refractivity contribution is 7.18. The summed E-state index contributed by atoms with van der Waals surface area (Å²) in [6.07, 6.45) is 5.12. The Hall–Kier alpha value is -1.69. The van der Waals surface area contributed by atoms with Gasteiger partial charge in [-0.2, -0.15) is 0 Å². The molecule has 1 aliphatic carbocycles. The zero-order chi connectivity index (χ0) is 17.4. The minimum absolute atomic E-state index is 0.124. The zero-order valence-electron chi connectivity index (χ0n) is 14.7. The first-order valence-electron chi connectivity index (χ1n) is 8.64. The lowest BCUT2D eigenvalue weighted by atomic mass is 9.89. The van der Waals surface area contributed by atoms with Crippen molar-refractivity contribution in [2.24, 2.45) is 5.92 Å². The summed E-state index contributed by atoms with van der Waals surface area (Å²) < 4.78 is 6.78. The van der Waals surface area contributed by atoms with Gasteiger partial charge >= 0.3 is 5.97 Å². The molecule has 0 bridgehead atoms. The quantitative estimate of drug-likeness (QED) is 0.794. The standard InChI is InChI=1S/C18H24N2O3S/c1-5-11(3)23-18(22)12(4)20-9-19-16-15(17(20)21)13-7-6-10(2)8-14(13)24-16/h9-12H,5-8H2,1-4H3/t10-,11-,12-/m0/s1. The number of carbonyl (C=O) groups is 1. The smallest absolute Gasteiger partial charge is 0.329 e. The molecule has 0 spiro atoms. The van der Waals surface area contributed by atoms with E-state index < -0.39 is 6.04 Å². The van der Waals surface area contributed by atoms with Crippen LogP contribution in [0.1, 0.15) is 57.0 Å². The van der Waals surface area contributed by atoms with Gasteiger partial charge in [-0.1, -0.05) is 13.8 Å². The first-order chi connectivity index (χ1) is 11.4. The molecule has 5 nitrogen and oxygen atoms in total. The van der Waals surface area contributed by atoms with Gasteiger partial charge in [0.2, 0.25) is 0 Å². The average molecular weight is 348 g/mol. The molecule has 0 aliphatic heterocycles. The molecule has 0 aromatic carbocycles. The Morgan fingerprint density at radius 3 is 2.96 bits per heavy atom. The van der Waals surface area contributed by atoms with E-state index in [2.05, 4.69) is 11.9 Å². The molecular formula is C18H24N2O3S. The number of carbonyl (C=O) groups excluding carboxylic acids is 1. The summed E-state index contributed by atoms with van der Waals surface area (Å²) in [7, 11) is 0. The monoisotopic (exact) mass is 348 g/mol. The fourth-order valence-electron chi connectivity index (χ4n) is 3.11. The van der Waals surface area contributed by atoms with Gasteiger partial charge < -0.3 is 4.74 Å². The van der Waals surface area contributed by atoms with Crippen molar-refractivity contribution in [1.29, 1.82) is 0 Å². The first kappa shape index (κ1) is 17.1. The molecule has 0 unspecified atom stereocenters. The van der Waals surface area contributed by atoms with Crippen LogP contribution in [0.3, 0.4) is 0 Å². The number of esters is 1. The van der Waals surface area contributed by atoms with E-state index in [1.807, 2.05) is 13.8 Å². The van der Waals surface area contributed by atoms with Crippen molar-refractivity contribution in [1.82, 2.24) is 9.55 Å². The third kappa shape index (κ3) is 2.99. The van der Waals surface area contributed by atoms with Crippen molar-refractivity contribution < 1.29 is 9.53 Å². The molecule has 1 aliphatic rings. The lowest BCUT2D eigenvalue weighted by Crippen LogP contribution is -2.31. The highest BCUT2D eigenvalue weighted by atomic mass is 32.1. The molecule has 0 N–H and O–H groups in total. The van der Waals surface area contributed by atoms with Crippen LogP contribution >= 0.6 is 11.3 Å². The average Bonchev–Trinajstić information content (AvgIpc) is 2.92. The summed E-state index contributed by atoms with van der Waals surface area (Å²) in [6, 6.07) is -0.665. The minimum Gasteiger partial charge on any atom is -0.461 e. The van der Waals surface area contributed by atoms with Gasteiger partial charge in [-0.05, 0) is 51.0 Å². The molecule has 0 saturated carbocycles. The summed E-state index contributed by atoms with van der Waals surface area (Å²) >= 11 is 1.62. The van der Waals surface area contributed by atoms with E-state index in [9.17, 15) is 9.59 Å². The summed E-state index contributed by atoms with van der Waals surface area (Å²) in [5.74, 6) is 0.266. The number of nitrogens with zero attached hydrogens (tertiary/aromatic N) is 2. The molecule has 2 aromatic rings. The van der Waals surface area contributed by atoms with Gasteiger partial charge in [-0.3, -0.25) is 9.36 Å². The summed E-state index contributed by atoms with van der Waals surface area (Å²) in [5.41, 5.74) is 1.02. The number of ether oxygens (including phenoxy) is 1. The largest absolute Gasteiger partial charge is 0.461 e. The van der Waals surface area contributed by atoms with Gasteiger partial charge in [0.1, 0.15) is 10.9 Å². The maximum atomic E-state index is 13.0. The summed E-state index contributed by atoms with van der Waals surface area (Å²) in [5, 5.41) is 0.701. The van der Waals surface area contributed by atoms with Crippen LogP contribution in [0.2, 0.25) is 0 Å². The van der Waals surface area contributed by atoms with Crippen LogP contribution in [-0.2, 0) is 22.4 Å². The topological polar surface area (TPSA) is 61.2 Å². The third-order valence-corrected chi connectivity index (χ3v) is 6.05. The molecule has 3 atom stereocenters. The fraction of sp³-hybridized carbons (Fsp3) is 0.611. The molecule has 2 aromatic heterocycles. The molecule has 0 fully saturated rings. The molecule has 3 rings (SSSR count). The molecule has 6 heteroatoms. The van der Waals surface area contributed by atoms with Crippen molar-refractivity contribution in [2.45, 2.75) is 65.5 Å². The van der Waals surface area contributed by atoms with Gasteiger partial charge in [0.25, 0.3) is 5.56 Å². The van der Waals surface area contributed by atoms with Crippen LogP contribution < -0.4 is 5.56 Å². The van der Waals surface area contributed by atoms with Gasteiger partial charge in [0, 0.05) is 4.88 Å². The second-order valence-electron chi connectivity index (χ2n) is 6.82. The van der Waals surface area contributed by atoms with Gasteiger partial charge in [-0.15, -0.1) is 11.3 Å². The van der Waals surface area contributed by atoms with Crippen LogP contribution in [0.25, 0.3) is 10.2 Å². The summed E-state index contributed by atoms with van der Waals surface area (Å²) in [6.45, 7) is 7.75. The van der Waals surface area contributed by atoms with E-state index in [0.717, 1.165) is 36.1 Å². The molecule has 2 heterocycles. The molecule has 130 valence electrons. The van der Waals surface area contributed by atoms with Crippen molar-refractivity contribution in [3.05, 3.63) is 27.1 Å². The second-order valence-corrected chi connectivity index (χ2v) is 7.90. The Morgan fingerprint density at radius 1 is 1.50 bits per heavy atom.